The number of rotatable bonds is 6. The predicted molar refractivity (Wildman–Crippen MR) is 112 cm³/mol. The van der Waals surface area contributed by atoms with Crippen molar-refractivity contribution in [3.63, 3.8) is 0 Å². The molecule has 8 nitrogen and oxygen atoms in total. The van der Waals surface area contributed by atoms with Gasteiger partial charge in [0.05, 0.1) is 12.0 Å². The number of nitrogens with one attached hydrogen (secondary N) is 2. The summed E-state index contributed by atoms with van der Waals surface area (Å²) in [7, 11) is 0. The molecule has 3 aromatic heterocycles. The molecule has 148 valence electrons. The number of hydrogen-bond acceptors (Lipinski definition) is 7. The van der Waals surface area contributed by atoms with Gasteiger partial charge in [-0.1, -0.05) is 0 Å². The van der Waals surface area contributed by atoms with Crippen LogP contribution in [0.2, 0.25) is 0 Å². The molecule has 5 N–H and O–H groups in total. The highest BCUT2D eigenvalue weighted by atomic mass is 16.3. The Hall–Kier alpha value is -2.97. The van der Waals surface area contributed by atoms with E-state index in [0.29, 0.717) is 29.4 Å². The molecule has 0 amide bonds. The number of aliphatic hydroxyl groups is 1. The Morgan fingerprint density at radius 2 is 2.00 bits per heavy atom. The van der Waals surface area contributed by atoms with Gasteiger partial charge in [0.2, 0.25) is 0 Å². The lowest BCUT2D eigenvalue weighted by atomic mass is 10.1. The Kier molecular flexibility index (Phi) is 5.62. The first-order chi connectivity index (χ1) is 13.3. The molecule has 3 heterocycles. The molecular weight excluding hydrogens is 356 g/mol. The van der Waals surface area contributed by atoms with Crippen molar-refractivity contribution in [2.24, 2.45) is 5.73 Å². The van der Waals surface area contributed by atoms with E-state index < -0.39 is 0 Å². The second-order valence-corrected chi connectivity index (χ2v) is 7.61. The quantitative estimate of drug-likeness (QED) is 0.516. The van der Waals surface area contributed by atoms with E-state index in [1.807, 2.05) is 45.0 Å². The van der Waals surface area contributed by atoms with Crippen LogP contribution >= 0.6 is 0 Å². The zero-order chi connectivity index (χ0) is 20.3. The van der Waals surface area contributed by atoms with Crippen LogP contribution in [0.25, 0.3) is 10.8 Å². The van der Waals surface area contributed by atoms with Gasteiger partial charge in [0.15, 0.2) is 0 Å². The summed E-state index contributed by atoms with van der Waals surface area (Å²) in [6, 6.07) is 7.37. The van der Waals surface area contributed by atoms with Gasteiger partial charge in [-0.3, -0.25) is 4.79 Å². The maximum absolute atomic E-state index is 12.9. The van der Waals surface area contributed by atoms with Crippen LogP contribution in [0.4, 0.5) is 17.5 Å². The average Bonchev–Trinajstić information content (AvgIpc) is 2.63. The van der Waals surface area contributed by atoms with Gasteiger partial charge in [0.25, 0.3) is 5.56 Å². The molecule has 0 aliphatic rings. The summed E-state index contributed by atoms with van der Waals surface area (Å²) in [6.45, 7) is 6.55. The summed E-state index contributed by atoms with van der Waals surface area (Å²) in [5, 5.41) is 16.9. The molecule has 28 heavy (non-hydrogen) atoms. The third-order valence-corrected chi connectivity index (χ3v) is 4.11. The minimum atomic E-state index is -0.291. The Labute approximate surface area is 163 Å². The molecular formula is C20H26N6O2. The molecule has 0 saturated heterocycles. The molecule has 0 atom stereocenters. The van der Waals surface area contributed by atoms with Crippen LogP contribution in [0.5, 0.6) is 0 Å². The molecule has 3 aromatic rings. The zero-order valence-electron chi connectivity index (χ0n) is 16.4. The van der Waals surface area contributed by atoms with Crippen LogP contribution in [-0.2, 0) is 13.1 Å². The number of nitrogens with two attached hydrogens (primary N) is 1. The fourth-order valence-corrected chi connectivity index (χ4v) is 2.90. The second kappa shape index (κ2) is 7.95. The smallest absolute Gasteiger partial charge is 0.262 e. The predicted octanol–water partition coefficient (Wildman–Crippen LogP) is 2.20. The van der Waals surface area contributed by atoms with Gasteiger partial charge in [-0.15, -0.1) is 0 Å². The summed E-state index contributed by atoms with van der Waals surface area (Å²) < 4.78 is 1.48. The third kappa shape index (κ3) is 4.47. The second-order valence-electron chi connectivity index (χ2n) is 7.61. The lowest BCUT2D eigenvalue weighted by Crippen LogP contribution is -2.29. The Morgan fingerprint density at radius 1 is 1.21 bits per heavy atom. The highest BCUT2D eigenvalue weighted by Crippen LogP contribution is 2.26. The monoisotopic (exact) mass is 382 g/mol. The number of hydrogen-bond donors (Lipinski definition) is 4. The van der Waals surface area contributed by atoms with Gasteiger partial charge < -0.3 is 26.0 Å². The standard InChI is InChI=1S/C20H26N6O2/c1-20(2,3)25-18-17-14(5-7-26(8-9-27)19(17)28)11-16(24-18)23-15-10-13(12-21)4-6-22-15/h4-7,10-11,27H,8-9,12,21H2,1-3H3,(H2,22,23,24,25). The highest BCUT2D eigenvalue weighted by Gasteiger charge is 2.17. The summed E-state index contributed by atoms with van der Waals surface area (Å²) in [5.74, 6) is 1.69. The Balaban J connectivity index is 2.12. The molecule has 0 spiro atoms. The summed E-state index contributed by atoms with van der Waals surface area (Å²) >= 11 is 0. The molecule has 0 aliphatic heterocycles. The molecule has 0 aromatic carbocycles. The Bertz CT molecular complexity index is 1040. The van der Waals surface area contributed by atoms with E-state index >= 15 is 0 Å². The number of nitrogens with zero attached hydrogens (tertiary/aromatic N) is 3. The molecule has 3 rings (SSSR count). The van der Waals surface area contributed by atoms with Crippen molar-refractivity contribution in [3.05, 3.63) is 52.6 Å². The average molecular weight is 382 g/mol. The van der Waals surface area contributed by atoms with Crippen LogP contribution in [-0.4, -0.2) is 31.8 Å². The zero-order valence-corrected chi connectivity index (χ0v) is 16.4. The van der Waals surface area contributed by atoms with Gasteiger partial charge in [0.1, 0.15) is 17.5 Å². The van der Waals surface area contributed by atoms with Crippen molar-refractivity contribution in [1.82, 2.24) is 14.5 Å². The van der Waals surface area contributed by atoms with Crippen LogP contribution in [0.15, 0.2) is 41.5 Å². The van der Waals surface area contributed by atoms with Crippen molar-refractivity contribution >= 4 is 28.2 Å². The van der Waals surface area contributed by atoms with E-state index in [1.54, 1.807) is 12.4 Å². The normalized spacial score (nSPS) is 11.6. The van der Waals surface area contributed by atoms with Gasteiger partial charge in [0, 0.05) is 31.0 Å². The van der Waals surface area contributed by atoms with Gasteiger partial charge in [-0.2, -0.15) is 0 Å². The van der Waals surface area contributed by atoms with Crippen LogP contribution in [0.1, 0.15) is 26.3 Å². The largest absolute Gasteiger partial charge is 0.395 e. The first-order valence-electron chi connectivity index (χ1n) is 9.16. The molecule has 0 bridgehead atoms. The highest BCUT2D eigenvalue weighted by molar-refractivity contribution is 5.93. The van der Waals surface area contributed by atoms with Crippen LogP contribution in [0, 0.1) is 0 Å². The lowest BCUT2D eigenvalue weighted by molar-refractivity contribution is 0.274. The fourth-order valence-electron chi connectivity index (χ4n) is 2.90. The van der Waals surface area contributed by atoms with E-state index in [2.05, 4.69) is 20.6 Å². The van der Waals surface area contributed by atoms with Gasteiger partial charge in [-0.05, 0) is 56.0 Å². The van der Waals surface area contributed by atoms with Crippen molar-refractivity contribution in [2.45, 2.75) is 39.4 Å². The number of anilines is 3. The van der Waals surface area contributed by atoms with E-state index in [0.717, 1.165) is 10.9 Å². The number of aliphatic hydroxyl groups excluding tert-OH is 1. The maximum Gasteiger partial charge on any atom is 0.262 e. The summed E-state index contributed by atoms with van der Waals surface area (Å²) in [4.78, 5) is 21.8. The topological polar surface area (TPSA) is 118 Å². The van der Waals surface area contributed by atoms with E-state index in [1.165, 1.54) is 4.57 Å². The lowest BCUT2D eigenvalue weighted by Gasteiger charge is -2.23. The van der Waals surface area contributed by atoms with Gasteiger partial charge >= 0.3 is 0 Å². The van der Waals surface area contributed by atoms with E-state index in [4.69, 9.17) is 5.73 Å². The first kappa shape index (κ1) is 19.8. The van der Waals surface area contributed by atoms with Crippen molar-refractivity contribution in [1.29, 1.82) is 0 Å². The number of pyridine rings is 3. The van der Waals surface area contributed by atoms with Crippen molar-refractivity contribution in [3.8, 4) is 0 Å². The van der Waals surface area contributed by atoms with Crippen LogP contribution < -0.4 is 21.9 Å². The molecule has 0 radical (unpaired) electrons. The van der Waals surface area contributed by atoms with Crippen molar-refractivity contribution in [2.75, 3.05) is 17.2 Å². The van der Waals surface area contributed by atoms with E-state index in [-0.39, 0.29) is 24.2 Å². The SMILES string of the molecule is CC(C)(C)Nc1nc(Nc2cc(CN)ccn2)cc2ccn(CCO)c(=O)c12. The Morgan fingerprint density at radius 3 is 2.68 bits per heavy atom. The maximum atomic E-state index is 12.9. The van der Waals surface area contributed by atoms with Crippen molar-refractivity contribution < 1.29 is 5.11 Å². The molecule has 8 heteroatoms. The molecule has 0 unspecified atom stereocenters. The van der Waals surface area contributed by atoms with E-state index in [9.17, 15) is 9.90 Å². The number of fused-ring (bicyclic) bond motifs is 1. The summed E-state index contributed by atoms with van der Waals surface area (Å²) in [5.41, 5.74) is 6.17. The first-order valence-corrected chi connectivity index (χ1v) is 9.16. The van der Waals surface area contributed by atoms with Gasteiger partial charge in [-0.25, -0.2) is 9.97 Å². The van der Waals surface area contributed by atoms with Crippen LogP contribution in [0.3, 0.4) is 0 Å². The molecule has 0 saturated carbocycles. The summed E-state index contributed by atoms with van der Waals surface area (Å²) in [6.07, 6.45) is 3.37. The molecule has 0 fully saturated rings. The third-order valence-electron chi connectivity index (χ3n) is 4.11. The minimum absolute atomic E-state index is 0.107. The molecule has 0 aliphatic carbocycles. The minimum Gasteiger partial charge on any atom is -0.395 e. The fraction of sp³-hybridized carbons (Fsp3) is 0.350. The number of aromatic nitrogens is 3.